The summed E-state index contributed by atoms with van der Waals surface area (Å²) in [5, 5.41) is 8.88. The predicted octanol–water partition coefficient (Wildman–Crippen LogP) is 2.38. The molecule has 26 heavy (non-hydrogen) atoms. The molecule has 138 valence electrons. The van der Waals surface area contributed by atoms with E-state index in [2.05, 4.69) is 25.4 Å². The van der Waals surface area contributed by atoms with Crippen LogP contribution in [0.25, 0.3) is 5.78 Å². The van der Waals surface area contributed by atoms with Crippen LogP contribution in [-0.2, 0) is 23.9 Å². The molecule has 11 heteroatoms. The first-order chi connectivity index (χ1) is 12.1. The van der Waals surface area contributed by atoms with E-state index in [1.54, 1.807) is 13.8 Å². The largest absolute Gasteiger partial charge is 0.453 e. The van der Waals surface area contributed by atoms with E-state index in [-0.39, 0.29) is 18.1 Å². The smallest absolute Gasteiger partial charge is 0.349 e. The van der Waals surface area contributed by atoms with Crippen LogP contribution in [0.4, 0.5) is 13.2 Å². The standard InChI is InChI=1S/C15H15F3N6OS/c1-7-6-26-12(20-7)5-19-11(25)4-10-8(2)21-14-22-13(15(16,17)18)23-24(14)9(10)3/h6H,4-5H2,1-3H3,(H,19,25). The number of nitrogens with zero attached hydrogens (tertiary/aromatic N) is 5. The van der Waals surface area contributed by atoms with E-state index >= 15 is 0 Å². The van der Waals surface area contributed by atoms with Gasteiger partial charge in [-0.1, -0.05) is 0 Å². The number of carbonyl (C=O) groups excluding carboxylic acids is 1. The van der Waals surface area contributed by atoms with Crippen LogP contribution in [0.3, 0.4) is 0 Å². The number of hydrogen-bond donors (Lipinski definition) is 1. The Morgan fingerprint density at radius 2 is 1.96 bits per heavy atom. The lowest BCUT2D eigenvalue weighted by molar-refractivity contribution is -0.144. The van der Waals surface area contributed by atoms with Crippen LogP contribution >= 0.6 is 11.3 Å². The van der Waals surface area contributed by atoms with Gasteiger partial charge in [-0.15, -0.1) is 16.4 Å². The predicted molar refractivity (Wildman–Crippen MR) is 87.7 cm³/mol. The molecule has 7 nitrogen and oxygen atoms in total. The Bertz CT molecular complexity index is 978. The maximum absolute atomic E-state index is 12.8. The lowest BCUT2D eigenvalue weighted by Gasteiger charge is -2.10. The van der Waals surface area contributed by atoms with Crippen molar-refractivity contribution in [3.63, 3.8) is 0 Å². The van der Waals surface area contributed by atoms with Gasteiger partial charge in [-0.25, -0.2) is 14.5 Å². The lowest BCUT2D eigenvalue weighted by atomic mass is 10.1. The van der Waals surface area contributed by atoms with Crippen LogP contribution in [0, 0.1) is 20.8 Å². The Kier molecular flexibility index (Phi) is 4.65. The second kappa shape index (κ2) is 6.63. The molecule has 0 radical (unpaired) electrons. The average molecular weight is 384 g/mol. The van der Waals surface area contributed by atoms with Crippen LogP contribution in [0.5, 0.6) is 0 Å². The van der Waals surface area contributed by atoms with Gasteiger partial charge in [0, 0.05) is 28.0 Å². The molecule has 0 fully saturated rings. The number of hydrogen-bond acceptors (Lipinski definition) is 6. The van der Waals surface area contributed by atoms with Gasteiger partial charge in [-0.3, -0.25) is 4.79 Å². The van der Waals surface area contributed by atoms with Crippen molar-refractivity contribution in [3.05, 3.63) is 38.9 Å². The first-order valence-electron chi connectivity index (χ1n) is 7.63. The molecule has 3 rings (SSSR count). The number of amides is 1. The second-order valence-corrected chi connectivity index (χ2v) is 6.68. The fraction of sp³-hybridized carbons (Fsp3) is 0.400. The van der Waals surface area contributed by atoms with Gasteiger partial charge in [0.1, 0.15) is 5.01 Å². The van der Waals surface area contributed by atoms with Gasteiger partial charge in [0.25, 0.3) is 11.6 Å². The Morgan fingerprint density at radius 1 is 1.23 bits per heavy atom. The molecule has 0 aliphatic heterocycles. The molecular weight excluding hydrogens is 369 g/mol. The zero-order valence-electron chi connectivity index (χ0n) is 14.2. The van der Waals surface area contributed by atoms with Crippen molar-refractivity contribution in [2.24, 2.45) is 0 Å². The van der Waals surface area contributed by atoms with Gasteiger partial charge in [0.15, 0.2) is 0 Å². The first kappa shape index (κ1) is 18.2. The van der Waals surface area contributed by atoms with E-state index in [4.69, 9.17) is 0 Å². The number of alkyl halides is 3. The number of nitrogens with one attached hydrogen (secondary N) is 1. The van der Waals surface area contributed by atoms with Crippen molar-refractivity contribution in [2.75, 3.05) is 0 Å². The van der Waals surface area contributed by atoms with Crippen molar-refractivity contribution >= 4 is 23.0 Å². The highest BCUT2D eigenvalue weighted by atomic mass is 32.1. The topological polar surface area (TPSA) is 85.1 Å². The molecule has 0 spiro atoms. The summed E-state index contributed by atoms with van der Waals surface area (Å²) in [5.41, 5.74) is 2.24. The fourth-order valence-corrected chi connectivity index (χ4v) is 3.18. The number of fused-ring (bicyclic) bond motifs is 1. The highest BCUT2D eigenvalue weighted by Crippen LogP contribution is 2.27. The van der Waals surface area contributed by atoms with Gasteiger partial charge < -0.3 is 5.32 Å². The summed E-state index contributed by atoms with van der Waals surface area (Å²) in [7, 11) is 0. The minimum atomic E-state index is -4.66. The number of carbonyl (C=O) groups is 1. The van der Waals surface area contributed by atoms with Gasteiger partial charge in [0.2, 0.25) is 5.91 Å². The van der Waals surface area contributed by atoms with E-state index in [9.17, 15) is 18.0 Å². The molecule has 0 aromatic carbocycles. The molecule has 0 saturated heterocycles. The van der Waals surface area contributed by atoms with Crippen molar-refractivity contribution in [3.8, 4) is 0 Å². The summed E-state index contributed by atoms with van der Waals surface area (Å²) in [4.78, 5) is 23.9. The summed E-state index contributed by atoms with van der Waals surface area (Å²) in [5.74, 6) is -1.68. The minimum Gasteiger partial charge on any atom is -0.349 e. The molecule has 0 atom stereocenters. The van der Waals surface area contributed by atoms with Crippen LogP contribution < -0.4 is 5.32 Å². The molecule has 0 aliphatic carbocycles. The number of rotatable bonds is 4. The van der Waals surface area contributed by atoms with Gasteiger partial charge in [-0.2, -0.15) is 18.2 Å². The molecule has 3 heterocycles. The Morgan fingerprint density at radius 3 is 2.58 bits per heavy atom. The van der Waals surface area contributed by atoms with E-state index < -0.39 is 12.0 Å². The van der Waals surface area contributed by atoms with Gasteiger partial charge >= 0.3 is 6.18 Å². The fourth-order valence-electron chi connectivity index (χ4n) is 2.47. The van der Waals surface area contributed by atoms with Crippen molar-refractivity contribution in [1.29, 1.82) is 0 Å². The quantitative estimate of drug-likeness (QED) is 0.747. The van der Waals surface area contributed by atoms with E-state index in [0.29, 0.717) is 23.5 Å². The molecule has 0 bridgehead atoms. The summed E-state index contributed by atoms with van der Waals surface area (Å²) in [6, 6.07) is 0. The summed E-state index contributed by atoms with van der Waals surface area (Å²) >= 11 is 1.44. The maximum Gasteiger partial charge on any atom is 0.453 e. The summed E-state index contributed by atoms with van der Waals surface area (Å²) in [6.45, 7) is 5.38. The monoisotopic (exact) mass is 384 g/mol. The Labute approximate surface area is 150 Å². The van der Waals surface area contributed by atoms with Crippen molar-refractivity contribution in [1.82, 2.24) is 29.9 Å². The normalized spacial score (nSPS) is 11.9. The third-order valence-electron chi connectivity index (χ3n) is 3.74. The molecule has 1 amide bonds. The van der Waals surface area contributed by atoms with Crippen LogP contribution in [0.1, 0.15) is 33.5 Å². The van der Waals surface area contributed by atoms with E-state index in [1.807, 2.05) is 12.3 Å². The lowest BCUT2D eigenvalue weighted by Crippen LogP contribution is -2.25. The Balaban J connectivity index is 1.81. The molecule has 3 aromatic rings. The van der Waals surface area contributed by atoms with Crippen molar-refractivity contribution in [2.45, 2.75) is 39.9 Å². The number of halogens is 3. The molecule has 0 saturated carbocycles. The highest BCUT2D eigenvalue weighted by molar-refractivity contribution is 7.09. The van der Waals surface area contributed by atoms with E-state index in [1.165, 1.54) is 11.3 Å². The molecular formula is C15H15F3N6OS. The molecule has 0 unspecified atom stereocenters. The Hall–Kier alpha value is -2.56. The van der Waals surface area contributed by atoms with E-state index in [0.717, 1.165) is 15.2 Å². The maximum atomic E-state index is 12.8. The third kappa shape index (κ3) is 3.66. The third-order valence-corrected chi connectivity index (χ3v) is 4.71. The van der Waals surface area contributed by atoms with Crippen LogP contribution in [0.15, 0.2) is 5.38 Å². The molecule has 1 N–H and O–H groups in total. The number of aryl methyl sites for hydroxylation is 3. The first-order valence-corrected chi connectivity index (χ1v) is 8.51. The molecule has 0 aliphatic rings. The highest BCUT2D eigenvalue weighted by Gasteiger charge is 2.37. The van der Waals surface area contributed by atoms with Gasteiger partial charge in [0.05, 0.1) is 13.0 Å². The second-order valence-electron chi connectivity index (χ2n) is 5.74. The van der Waals surface area contributed by atoms with Gasteiger partial charge in [-0.05, 0) is 20.8 Å². The van der Waals surface area contributed by atoms with Crippen LogP contribution in [0.2, 0.25) is 0 Å². The zero-order chi connectivity index (χ0) is 19.1. The minimum absolute atomic E-state index is 0.0217. The number of aromatic nitrogens is 5. The molecule has 3 aromatic heterocycles. The average Bonchev–Trinajstić information content (AvgIpc) is 3.15. The number of thiazole rings is 1. The summed E-state index contributed by atoms with van der Waals surface area (Å²) in [6.07, 6.45) is -4.68. The SMILES string of the molecule is Cc1csc(CNC(=O)Cc2c(C)nc3nc(C(F)(F)F)nn3c2C)n1. The van der Waals surface area contributed by atoms with Crippen molar-refractivity contribution < 1.29 is 18.0 Å². The van der Waals surface area contributed by atoms with Crippen LogP contribution in [-0.4, -0.2) is 30.5 Å². The summed E-state index contributed by atoms with van der Waals surface area (Å²) < 4.78 is 39.4. The zero-order valence-corrected chi connectivity index (χ0v) is 15.0.